The maximum atomic E-state index is 10.2. The first kappa shape index (κ1) is 11.0. The lowest BCUT2D eigenvalue weighted by atomic mass is 9.50. The molecule has 2 saturated carbocycles. The average Bonchev–Trinajstić information content (AvgIpc) is 2.19. The summed E-state index contributed by atoms with van der Waals surface area (Å²) >= 11 is 0. The van der Waals surface area contributed by atoms with Gasteiger partial charge in [0.25, 0.3) is 0 Å². The first-order valence-electron chi connectivity index (χ1n) is 6.12. The largest absolute Gasteiger partial charge is 0.391 e. The molecule has 2 aliphatic rings. The van der Waals surface area contributed by atoms with Gasteiger partial charge in [0.05, 0.1) is 17.6 Å². The lowest BCUT2D eigenvalue weighted by Gasteiger charge is -2.53. The van der Waals surface area contributed by atoms with E-state index < -0.39 is 5.41 Å². The molecule has 0 aliphatic heterocycles. The molecule has 1 N–H and O–H groups in total. The Balaban J connectivity index is 2.37. The molecule has 2 fully saturated rings. The van der Waals surface area contributed by atoms with Crippen molar-refractivity contribution in [1.82, 2.24) is 0 Å². The van der Waals surface area contributed by atoms with Crippen molar-refractivity contribution >= 4 is 0 Å². The van der Waals surface area contributed by atoms with Gasteiger partial charge < -0.3 is 5.11 Å². The maximum Gasteiger partial charge on any atom is 0.0865 e. The van der Waals surface area contributed by atoms with Crippen LogP contribution in [0.5, 0.6) is 0 Å². The maximum absolute atomic E-state index is 10.2. The van der Waals surface area contributed by atoms with Crippen LogP contribution in [0.3, 0.4) is 0 Å². The Morgan fingerprint density at radius 3 is 2.53 bits per heavy atom. The van der Waals surface area contributed by atoms with Gasteiger partial charge >= 0.3 is 0 Å². The first-order chi connectivity index (χ1) is 7.03. The molecule has 0 amide bonds. The SMILES string of the molecule is CC1(C)CCC[C@@]2(C#N)[C@@H]1CCC[C@@H]2O. The van der Waals surface area contributed by atoms with Crippen LogP contribution in [-0.2, 0) is 0 Å². The molecule has 0 aromatic carbocycles. The van der Waals surface area contributed by atoms with E-state index in [-0.39, 0.29) is 11.5 Å². The summed E-state index contributed by atoms with van der Waals surface area (Å²) in [7, 11) is 0. The Labute approximate surface area is 92.3 Å². The lowest BCUT2D eigenvalue weighted by Crippen LogP contribution is -2.52. The minimum absolute atomic E-state index is 0.232. The number of fused-ring (bicyclic) bond motifs is 1. The molecule has 0 saturated heterocycles. The van der Waals surface area contributed by atoms with Gasteiger partial charge in [0.2, 0.25) is 0 Å². The number of nitrogens with zero attached hydrogens (tertiary/aromatic N) is 1. The monoisotopic (exact) mass is 207 g/mol. The van der Waals surface area contributed by atoms with Gasteiger partial charge in [0, 0.05) is 0 Å². The number of hydrogen-bond acceptors (Lipinski definition) is 2. The fourth-order valence-electron chi connectivity index (χ4n) is 3.91. The third-order valence-electron chi connectivity index (χ3n) is 4.75. The van der Waals surface area contributed by atoms with Gasteiger partial charge in [-0.05, 0) is 37.0 Å². The van der Waals surface area contributed by atoms with Crippen molar-refractivity contribution in [2.24, 2.45) is 16.7 Å². The molecule has 2 rings (SSSR count). The van der Waals surface area contributed by atoms with Crippen LogP contribution < -0.4 is 0 Å². The fraction of sp³-hybridized carbons (Fsp3) is 0.923. The highest BCUT2D eigenvalue weighted by Crippen LogP contribution is 2.57. The predicted molar refractivity (Wildman–Crippen MR) is 59.0 cm³/mol. The summed E-state index contributed by atoms with van der Waals surface area (Å²) < 4.78 is 0. The van der Waals surface area contributed by atoms with E-state index in [0.717, 1.165) is 32.1 Å². The molecule has 0 aromatic heterocycles. The highest BCUT2D eigenvalue weighted by atomic mass is 16.3. The van der Waals surface area contributed by atoms with Gasteiger partial charge in [-0.1, -0.05) is 26.7 Å². The van der Waals surface area contributed by atoms with Crippen molar-refractivity contribution in [3.8, 4) is 6.07 Å². The second kappa shape index (κ2) is 3.49. The molecule has 0 heterocycles. The number of rotatable bonds is 0. The summed E-state index contributed by atoms with van der Waals surface area (Å²) in [4.78, 5) is 0. The van der Waals surface area contributed by atoms with Crippen molar-refractivity contribution in [2.45, 2.75) is 58.5 Å². The minimum Gasteiger partial charge on any atom is -0.391 e. The lowest BCUT2D eigenvalue weighted by molar-refractivity contribution is -0.0902. The third kappa shape index (κ3) is 1.49. The second-order valence-corrected chi connectivity index (χ2v) is 5.99. The van der Waals surface area contributed by atoms with Crippen LogP contribution in [0, 0.1) is 28.1 Å². The summed E-state index contributed by atoms with van der Waals surface area (Å²) in [6.45, 7) is 4.53. The zero-order valence-corrected chi connectivity index (χ0v) is 9.79. The Morgan fingerprint density at radius 1 is 1.20 bits per heavy atom. The van der Waals surface area contributed by atoms with Crippen molar-refractivity contribution in [3.05, 3.63) is 0 Å². The van der Waals surface area contributed by atoms with E-state index in [2.05, 4.69) is 19.9 Å². The third-order valence-corrected chi connectivity index (χ3v) is 4.75. The normalized spacial score (nSPS) is 44.1. The quantitative estimate of drug-likeness (QED) is 0.663. The Morgan fingerprint density at radius 2 is 1.93 bits per heavy atom. The molecule has 2 nitrogen and oxygen atoms in total. The van der Waals surface area contributed by atoms with Crippen LogP contribution in [0.2, 0.25) is 0 Å². The molecule has 2 aliphatic carbocycles. The van der Waals surface area contributed by atoms with E-state index in [4.69, 9.17) is 0 Å². The average molecular weight is 207 g/mol. The van der Waals surface area contributed by atoms with Crippen molar-refractivity contribution < 1.29 is 5.11 Å². The minimum atomic E-state index is -0.431. The van der Waals surface area contributed by atoms with Gasteiger partial charge in [0.1, 0.15) is 0 Å². The van der Waals surface area contributed by atoms with E-state index in [0.29, 0.717) is 5.92 Å². The molecule has 0 radical (unpaired) electrons. The summed E-state index contributed by atoms with van der Waals surface area (Å²) in [6, 6.07) is 2.47. The molecule has 15 heavy (non-hydrogen) atoms. The van der Waals surface area contributed by atoms with Crippen molar-refractivity contribution in [2.75, 3.05) is 0 Å². The fourth-order valence-corrected chi connectivity index (χ4v) is 3.91. The Bertz CT molecular complexity index is 291. The van der Waals surface area contributed by atoms with E-state index in [9.17, 15) is 10.4 Å². The van der Waals surface area contributed by atoms with Crippen LogP contribution in [0.1, 0.15) is 52.4 Å². The molecule has 0 bridgehead atoms. The highest BCUT2D eigenvalue weighted by Gasteiger charge is 2.54. The van der Waals surface area contributed by atoms with Crippen LogP contribution in [0.25, 0.3) is 0 Å². The zero-order chi connectivity index (χ0) is 11.1. The van der Waals surface area contributed by atoms with Crippen LogP contribution in [0.4, 0.5) is 0 Å². The molecule has 3 atom stereocenters. The van der Waals surface area contributed by atoms with Crippen LogP contribution in [0.15, 0.2) is 0 Å². The molecule has 2 heteroatoms. The highest BCUT2D eigenvalue weighted by molar-refractivity contribution is 5.14. The summed E-state index contributed by atoms with van der Waals surface area (Å²) in [5, 5.41) is 19.6. The molecule has 0 aromatic rings. The summed E-state index contributed by atoms with van der Waals surface area (Å²) in [6.07, 6.45) is 5.83. The van der Waals surface area contributed by atoms with E-state index in [1.807, 2.05) is 0 Å². The number of nitriles is 1. The second-order valence-electron chi connectivity index (χ2n) is 5.99. The Kier molecular flexibility index (Phi) is 2.55. The predicted octanol–water partition coefficient (Wildman–Crippen LogP) is 2.87. The van der Waals surface area contributed by atoms with Crippen molar-refractivity contribution in [3.63, 3.8) is 0 Å². The first-order valence-corrected chi connectivity index (χ1v) is 6.12. The number of aliphatic hydroxyl groups is 1. The Hall–Kier alpha value is -0.550. The standard InChI is InChI=1S/C13H21NO/c1-12(2)7-4-8-13(9-14)10(12)5-3-6-11(13)15/h10-11,15H,3-8H2,1-2H3/t10-,11+,13-/m1/s1. The van der Waals surface area contributed by atoms with Gasteiger partial charge in [-0.15, -0.1) is 0 Å². The van der Waals surface area contributed by atoms with E-state index >= 15 is 0 Å². The number of hydrogen-bond donors (Lipinski definition) is 1. The molecule has 0 spiro atoms. The van der Waals surface area contributed by atoms with Gasteiger partial charge in [-0.3, -0.25) is 0 Å². The molecule has 0 unspecified atom stereocenters. The van der Waals surface area contributed by atoms with Gasteiger partial charge in [-0.2, -0.15) is 5.26 Å². The van der Waals surface area contributed by atoms with E-state index in [1.165, 1.54) is 6.42 Å². The van der Waals surface area contributed by atoms with Crippen LogP contribution in [-0.4, -0.2) is 11.2 Å². The molecular formula is C13H21NO. The van der Waals surface area contributed by atoms with Gasteiger partial charge in [0.15, 0.2) is 0 Å². The van der Waals surface area contributed by atoms with E-state index in [1.54, 1.807) is 0 Å². The van der Waals surface area contributed by atoms with Gasteiger partial charge in [-0.25, -0.2) is 0 Å². The summed E-state index contributed by atoms with van der Waals surface area (Å²) in [5.41, 5.74) is -0.199. The smallest absolute Gasteiger partial charge is 0.0865 e. The topological polar surface area (TPSA) is 44.0 Å². The molecular weight excluding hydrogens is 186 g/mol. The number of aliphatic hydroxyl groups excluding tert-OH is 1. The van der Waals surface area contributed by atoms with Crippen molar-refractivity contribution in [1.29, 1.82) is 5.26 Å². The molecule has 84 valence electrons. The zero-order valence-electron chi connectivity index (χ0n) is 9.79. The van der Waals surface area contributed by atoms with Crippen LogP contribution >= 0.6 is 0 Å². The summed E-state index contributed by atoms with van der Waals surface area (Å²) in [5.74, 6) is 0.396.